The molecular formula is C19H18N2O2. The molecule has 3 aromatic rings. The highest BCUT2D eigenvalue weighted by Crippen LogP contribution is 2.31. The maximum Gasteiger partial charge on any atom is 0.335 e. The van der Waals surface area contributed by atoms with Gasteiger partial charge in [-0.2, -0.15) is 0 Å². The summed E-state index contributed by atoms with van der Waals surface area (Å²) >= 11 is 0. The highest BCUT2D eigenvalue weighted by molar-refractivity contribution is 5.97. The summed E-state index contributed by atoms with van der Waals surface area (Å²) in [5, 5.41) is 13.5. The molecule has 0 radical (unpaired) electrons. The third-order valence-corrected chi connectivity index (χ3v) is 3.91. The second-order valence-corrected chi connectivity index (χ2v) is 5.74. The number of nitrogens with zero attached hydrogens (tertiary/aromatic N) is 1. The number of aromatic nitrogens is 1. The highest BCUT2D eigenvalue weighted by atomic mass is 16.4. The van der Waals surface area contributed by atoms with Gasteiger partial charge < -0.3 is 10.4 Å². The number of carboxylic acid groups (broad SMARTS) is 1. The SMILES string of the molecule is Cc1cc(Nc2ccc(C(=O)O)cc2)c2c(C)ccc(C)c2n1. The molecule has 0 fully saturated rings. The number of carboxylic acids is 1. The number of aromatic carboxylic acids is 1. The van der Waals surface area contributed by atoms with Crippen molar-refractivity contribution >= 4 is 28.2 Å². The first-order valence-corrected chi connectivity index (χ1v) is 7.43. The molecule has 0 aliphatic carbocycles. The second kappa shape index (κ2) is 5.72. The van der Waals surface area contributed by atoms with E-state index in [1.807, 2.05) is 13.0 Å². The van der Waals surface area contributed by atoms with Crippen molar-refractivity contribution in [2.75, 3.05) is 5.32 Å². The van der Waals surface area contributed by atoms with E-state index < -0.39 is 5.97 Å². The Kier molecular flexibility index (Phi) is 3.74. The molecule has 2 aromatic carbocycles. The number of rotatable bonds is 3. The van der Waals surface area contributed by atoms with Crippen molar-refractivity contribution in [1.29, 1.82) is 0 Å². The van der Waals surface area contributed by atoms with E-state index in [2.05, 4.69) is 36.3 Å². The van der Waals surface area contributed by atoms with Crippen molar-refractivity contribution in [1.82, 2.24) is 4.98 Å². The molecular weight excluding hydrogens is 288 g/mol. The van der Waals surface area contributed by atoms with E-state index in [0.717, 1.165) is 39.1 Å². The van der Waals surface area contributed by atoms with Gasteiger partial charge in [0.05, 0.1) is 16.8 Å². The second-order valence-electron chi connectivity index (χ2n) is 5.74. The predicted octanol–water partition coefficient (Wildman–Crippen LogP) is 4.60. The van der Waals surface area contributed by atoms with Crippen LogP contribution in [0.5, 0.6) is 0 Å². The van der Waals surface area contributed by atoms with Crippen molar-refractivity contribution in [2.45, 2.75) is 20.8 Å². The van der Waals surface area contributed by atoms with Gasteiger partial charge in [-0.25, -0.2) is 4.79 Å². The Morgan fingerprint density at radius 2 is 1.65 bits per heavy atom. The van der Waals surface area contributed by atoms with Crippen molar-refractivity contribution in [2.24, 2.45) is 0 Å². The molecule has 0 saturated carbocycles. The summed E-state index contributed by atoms with van der Waals surface area (Å²) in [6.07, 6.45) is 0. The molecule has 0 unspecified atom stereocenters. The lowest BCUT2D eigenvalue weighted by atomic mass is 10.0. The molecule has 23 heavy (non-hydrogen) atoms. The fraction of sp³-hybridized carbons (Fsp3) is 0.158. The first-order chi connectivity index (χ1) is 11.0. The average Bonchev–Trinajstić information content (AvgIpc) is 2.51. The monoisotopic (exact) mass is 306 g/mol. The number of hydrogen-bond donors (Lipinski definition) is 2. The molecule has 1 aromatic heterocycles. The van der Waals surface area contributed by atoms with Crippen LogP contribution in [0.3, 0.4) is 0 Å². The molecule has 0 aliphatic rings. The van der Waals surface area contributed by atoms with Crippen molar-refractivity contribution in [3.8, 4) is 0 Å². The smallest absolute Gasteiger partial charge is 0.335 e. The molecule has 4 heteroatoms. The fourth-order valence-electron chi connectivity index (χ4n) is 2.72. The number of pyridine rings is 1. The molecule has 0 saturated heterocycles. The Hall–Kier alpha value is -2.88. The lowest BCUT2D eigenvalue weighted by Gasteiger charge is -2.14. The number of fused-ring (bicyclic) bond motifs is 1. The quantitative estimate of drug-likeness (QED) is 0.742. The molecule has 0 amide bonds. The van der Waals surface area contributed by atoms with Gasteiger partial charge in [-0.05, 0) is 62.2 Å². The van der Waals surface area contributed by atoms with Crippen LogP contribution >= 0.6 is 0 Å². The van der Waals surface area contributed by atoms with E-state index in [9.17, 15) is 4.79 Å². The van der Waals surface area contributed by atoms with Gasteiger partial charge in [-0.1, -0.05) is 12.1 Å². The van der Waals surface area contributed by atoms with Gasteiger partial charge >= 0.3 is 5.97 Å². The Morgan fingerprint density at radius 1 is 1.00 bits per heavy atom. The Morgan fingerprint density at radius 3 is 2.30 bits per heavy atom. The molecule has 0 atom stereocenters. The van der Waals surface area contributed by atoms with Crippen molar-refractivity contribution < 1.29 is 9.90 Å². The zero-order valence-electron chi connectivity index (χ0n) is 13.3. The molecule has 1 heterocycles. The first kappa shape index (κ1) is 15.0. The molecule has 2 N–H and O–H groups in total. The van der Waals surface area contributed by atoms with Gasteiger partial charge in [0.15, 0.2) is 0 Å². The number of aryl methyl sites for hydroxylation is 3. The summed E-state index contributed by atoms with van der Waals surface area (Å²) in [7, 11) is 0. The Labute approximate surface area is 134 Å². The van der Waals surface area contributed by atoms with Crippen molar-refractivity contribution in [3.05, 3.63) is 64.8 Å². The van der Waals surface area contributed by atoms with Crippen LogP contribution in [0, 0.1) is 20.8 Å². The number of carbonyl (C=O) groups is 1. The minimum atomic E-state index is -0.923. The van der Waals surface area contributed by atoms with Gasteiger partial charge in [0.2, 0.25) is 0 Å². The third-order valence-electron chi connectivity index (χ3n) is 3.91. The zero-order valence-corrected chi connectivity index (χ0v) is 13.3. The molecule has 0 aliphatic heterocycles. The summed E-state index contributed by atoms with van der Waals surface area (Å²) in [6.45, 7) is 6.09. The van der Waals surface area contributed by atoms with Crippen LogP contribution in [0.1, 0.15) is 27.2 Å². The topological polar surface area (TPSA) is 62.2 Å². The van der Waals surface area contributed by atoms with Crippen LogP contribution in [-0.2, 0) is 0 Å². The van der Waals surface area contributed by atoms with E-state index in [-0.39, 0.29) is 5.56 Å². The van der Waals surface area contributed by atoms with E-state index >= 15 is 0 Å². The summed E-state index contributed by atoms with van der Waals surface area (Å²) in [6, 6.07) is 12.9. The molecule has 3 rings (SSSR count). The lowest BCUT2D eigenvalue weighted by Crippen LogP contribution is -1.99. The molecule has 116 valence electrons. The largest absolute Gasteiger partial charge is 0.478 e. The number of benzene rings is 2. The van der Waals surface area contributed by atoms with Gasteiger partial charge in [-0.3, -0.25) is 4.98 Å². The average molecular weight is 306 g/mol. The molecule has 0 spiro atoms. The van der Waals surface area contributed by atoms with Crippen LogP contribution in [0.25, 0.3) is 10.9 Å². The van der Waals surface area contributed by atoms with Gasteiger partial charge in [-0.15, -0.1) is 0 Å². The van der Waals surface area contributed by atoms with Crippen LogP contribution in [0.2, 0.25) is 0 Å². The summed E-state index contributed by atoms with van der Waals surface area (Å²) in [4.78, 5) is 15.6. The zero-order chi connectivity index (χ0) is 16.6. The number of hydrogen-bond acceptors (Lipinski definition) is 3. The van der Waals surface area contributed by atoms with Crippen LogP contribution in [0.4, 0.5) is 11.4 Å². The number of anilines is 2. The molecule has 0 bridgehead atoms. The Balaban J connectivity index is 2.09. The summed E-state index contributed by atoms with van der Waals surface area (Å²) < 4.78 is 0. The minimum absolute atomic E-state index is 0.276. The van der Waals surface area contributed by atoms with E-state index in [4.69, 9.17) is 5.11 Å². The highest BCUT2D eigenvalue weighted by Gasteiger charge is 2.10. The standard InChI is InChI=1S/C19H18N2O2/c1-11-4-5-12(2)18-17(11)16(10-13(3)20-18)21-15-8-6-14(7-9-15)19(22)23/h4-10H,1-3H3,(H,20,21)(H,22,23). The normalized spacial score (nSPS) is 10.7. The minimum Gasteiger partial charge on any atom is -0.478 e. The fourth-order valence-corrected chi connectivity index (χ4v) is 2.72. The van der Waals surface area contributed by atoms with Crippen LogP contribution < -0.4 is 5.32 Å². The van der Waals surface area contributed by atoms with Gasteiger partial charge in [0, 0.05) is 16.8 Å². The van der Waals surface area contributed by atoms with E-state index in [1.54, 1.807) is 24.3 Å². The predicted molar refractivity (Wildman–Crippen MR) is 92.6 cm³/mol. The Bertz CT molecular complexity index is 899. The molecule has 4 nitrogen and oxygen atoms in total. The van der Waals surface area contributed by atoms with E-state index in [1.165, 1.54) is 0 Å². The van der Waals surface area contributed by atoms with Crippen LogP contribution in [0.15, 0.2) is 42.5 Å². The maximum atomic E-state index is 10.9. The lowest BCUT2D eigenvalue weighted by molar-refractivity contribution is 0.0697. The van der Waals surface area contributed by atoms with Gasteiger partial charge in [0.25, 0.3) is 0 Å². The third kappa shape index (κ3) is 2.88. The summed E-state index contributed by atoms with van der Waals surface area (Å²) in [5.74, 6) is -0.923. The van der Waals surface area contributed by atoms with Crippen LogP contribution in [-0.4, -0.2) is 16.1 Å². The maximum absolute atomic E-state index is 10.9. The van der Waals surface area contributed by atoms with E-state index in [0.29, 0.717) is 0 Å². The van der Waals surface area contributed by atoms with Crippen molar-refractivity contribution in [3.63, 3.8) is 0 Å². The summed E-state index contributed by atoms with van der Waals surface area (Å²) in [5.41, 5.74) is 6.34. The number of nitrogens with one attached hydrogen (secondary N) is 1. The first-order valence-electron chi connectivity index (χ1n) is 7.43. The van der Waals surface area contributed by atoms with Gasteiger partial charge in [0.1, 0.15) is 0 Å².